The van der Waals surface area contributed by atoms with Gasteiger partial charge in [-0.25, -0.2) is 4.68 Å². The molecule has 176 valence electrons. The molecule has 0 unspecified atom stereocenters. The molecule has 3 aromatic rings. The van der Waals surface area contributed by atoms with Crippen molar-refractivity contribution in [2.75, 3.05) is 0 Å². The fraction of sp³-hybridized carbons (Fsp3) is 0.615. The van der Waals surface area contributed by atoms with Crippen LogP contribution >= 0.6 is 0 Å². The van der Waals surface area contributed by atoms with E-state index >= 15 is 0 Å². The molecule has 2 fully saturated rings. The lowest BCUT2D eigenvalue weighted by Gasteiger charge is -2.34. The summed E-state index contributed by atoms with van der Waals surface area (Å²) in [6, 6.07) is 7.25. The number of aryl methyl sites for hydroxylation is 2. The Hall–Kier alpha value is -2.54. The van der Waals surface area contributed by atoms with Crippen LogP contribution in [0.2, 0.25) is 0 Å². The molecular weight excluding hydrogens is 412 g/mol. The van der Waals surface area contributed by atoms with Gasteiger partial charge in [0, 0.05) is 18.2 Å². The number of fused-ring (bicyclic) bond motifs is 1. The van der Waals surface area contributed by atoms with Gasteiger partial charge in [0.1, 0.15) is 0 Å². The van der Waals surface area contributed by atoms with Crippen molar-refractivity contribution in [1.82, 2.24) is 30.1 Å². The molecule has 2 heterocycles. The van der Waals surface area contributed by atoms with E-state index in [2.05, 4.69) is 62.1 Å². The number of H-pyrrole nitrogens is 1. The van der Waals surface area contributed by atoms with E-state index in [9.17, 15) is 4.79 Å². The maximum atomic E-state index is 13.1. The standard InChI is InChI=1S/C26H36N6O/c1-18-13-19(2)25-20(14-18)15-21(26(33)27-25)16-31(22-9-5-3-6-10-22)17-24-28-29-30-32(24)23-11-7-4-8-12-23/h13-15,22-23H,3-12,16-17H2,1-2H3,(H,27,33). The largest absolute Gasteiger partial charge is 0.321 e. The van der Waals surface area contributed by atoms with Gasteiger partial charge in [-0.1, -0.05) is 50.2 Å². The van der Waals surface area contributed by atoms with Crippen molar-refractivity contribution in [3.63, 3.8) is 0 Å². The number of rotatable bonds is 6. The van der Waals surface area contributed by atoms with Crippen LogP contribution in [0.1, 0.15) is 92.8 Å². The highest BCUT2D eigenvalue weighted by molar-refractivity contribution is 5.82. The minimum absolute atomic E-state index is 0.0159. The zero-order valence-corrected chi connectivity index (χ0v) is 20.0. The van der Waals surface area contributed by atoms with Gasteiger partial charge in [0.05, 0.1) is 18.1 Å². The molecule has 1 aromatic carbocycles. The first-order chi connectivity index (χ1) is 16.1. The SMILES string of the molecule is Cc1cc(C)c2[nH]c(=O)c(CN(Cc3nnnn3C3CCCCC3)C3CCCCC3)cc2c1. The summed E-state index contributed by atoms with van der Waals surface area (Å²) in [6.07, 6.45) is 12.3. The molecule has 33 heavy (non-hydrogen) atoms. The molecule has 0 radical (unpaired) electrons. The monoisotopic (exact) mass is 448 g/mol. The Kier molecular flexibility index (Phi) is 6.58. The highest BCUT2D eigenvalue weighted by Gasteiger charge is 2.26. The highest BCUT2D eigenvalue weighted by Crippen LogP contribution is 2.30. The van der Waals surface area contributed by atoms with Gasteiger partial charge in [0.15, 0.2) is 5.82 Å². The number of tetrazole rings is 1. The number of aromatic nitrogens is 5. The number of hydrogen-bond acceptors (Lipinski definition) is 5. The van der Waals surface area contributed by atoms with Crippen molar-refractivity contribution >= 4 is 10.9 Å². The fourth-order valence-electron chi connectivity index (χ4n) is 5.94. The first kappa shape index (κ1) is 22.3. The lowest BCUT2D eigenvalue weighted by Crippen LogP contribution is -2.38. The summed E-state index contributed by atoms with van der Waals surface area (Å²) in [7, 11) is 0. The molecule has 2 aliphatic carbocycles. The predicted octanol–water partition coefficient (Wildman–Crippen LogP) is 4.97. The molecule has 1 N–H and O–H groups in total. The quantitative estimate of drug-likeness (QED) is 0.576. The van der Waals surface area contributed by atoms with Crippen molar-refractivity contribution < 1.29 is 0 Å². The second-order valence-electron chi connectivity index (χ2n) is 10.2. The number of pyridine rings is 1. The lowest BCUT2D eigenvalue weighted by molar-refractivity contribution is 0.131. The van der Waals surface area contributed by atoms with Gasteiger partial charge in [-0.05, 0) is 73.0 Å². The van der Waals surface area contributed by atoms with Gasteiger partial charge in [-0.2, -0.15) is 0 Å². The normalized spacial score (nSPS) is 18.4. The molecule has 0 aliphatic heterocycles. The third-order valence-corrected chi connectivity index (χ3v) is 7.66. The zero-order chi connectivity index (χ0) is 22.8. The van der Waals surface area contributed by atoms with Crippen LogP contribution in [-0.2, 0) is 13.1 Å². The van der Waals surface area contributed by atoms with E-state index in [0.29, 0.717) is 25.2 Å². The van der Waals surface area contributed by atoms with Crippen LogP contribution in [0.4, 0.5) is 0 Å². The third-order valence-electron chi connectivity index (χ3n) is 7.66. The van der Waals surface area contributed by atoms with E-state index in [1.54, 1.807) is 0 Å². The van der Waals surface area contributed by atoms with Crippen LogP contribution < -0.4 is 5.56 Å². The predicted molar refractivity (Wildman–Crippen MR) is 130 cm³/mol. The number of nitrogens with one attached hydrogen (secondary N) is 1. The van der Waals surface area contributed by atoms with Gasteiger partial charge in [0.25, 0.3) is 5.56 Å². The molecular formula is C26H36N6O. The number of aromatic amines is 1. The second-order valence-corrected chi connectivity index (χ2v) is 10.2. The Morgan fingerprint density at radius 2 is 1.70 bits per heavy atom. The van der Waals surface area contributed by atoms with Crippen molar-refractivity contribution in [2.45, 2.75) is 103 Å². The highest BCUT2D eigenvalue weighted by atomic mass is 16.1. The number of nitrogens with zero attached hydrogens (tertiary/aromatic N) is 5. The second kappa shape index (κ2) is 9.75. The first-order valence-corrected chi connectivity index (χ1v) is 12.7. The van der Waals surface area contributed by atoms with E-state index < -0.39 is 0 Å². The average molecular weight is 449 g/mol. The summed E-state index contributed by atoms with van der Waals surface area (Å²) in [5.74, 6) is 0.941. The van der Waals surface area contributed by atoms with Gasteiger partial charge in [-0.15, -0.1) is 5.10 Å². The van der Waals surface area contributed by atoms with Crippen LogP contribution in [0.25, 0.3) is 10.9 Å². The topological polar surface area (TPSA) is 79.7 Å². The van der Waals surface area contributed by atoms with Gasteiger partial charge in [-0.3, -0.25) is 9.69 Å². The van der Waals surface area contributed by atoms with Crippen LogP contribution in [0.5, 0.6) is 0 Å². The summed E-state index contributed by atoms with van der Waals surface area (Å²) in [5.41, 5.74) is 4.12. The Morgan fingerprint density at radius 3 is 2.45 bits per heavy atom. The zero-order valence-electron chi connectivity index (χ0n) is 20.0. The summed E-state index contributed by atoms with van der Waals surface area (Å²) >= 11 is 0. The summed E-state index contributed by atoms with van der Waals surface area (Å²) in [4.78, 5) is 18.7. The smallest absolute Gasteiger partial charge is 0.252 e. The molecule has 0 saturated heterocycles. The molecule has 2 saturated carbocycles. The molecule has 2 aromatic heterocycles. The molecule has 5 rings (SSSR count). The Labute approximate surface area is 195 Å². The van der Waals surface area contributed by atoms with Gasteiger partial charge < -0.3 is 4.98 Å². The summed E-state index contributed by atoms with van der Waals surface area (Å²) in [5, 5.41) is 14.0. The maximum absolute atomic E-state index is 13.1. The number of benzene rings is 1. The van der Waals surface area contributed by atoms with Crippen molar-refractivity contribution in [3.8, 4) is 0 Å². The van der Waals surface area contributed by atoms with Crippen LogP contribution in [0, 0.1) is 13.8 Å². The average Bonchev–Trinajstić information content (AvgIpc) is 3.29. The minimum Gasteiger partial charge on any atom is -0.321 e. The summed E-state index contributed by atoms with van der Waals surface area (Å²) in [6.45, 7) is 5.49. The Morgan fingerprint density at radius 1 is 0.970 bits per heavy atom. The summed E-state index contributed by atoms with van der Waals surface area (Å²) < 4.78 is 2.08. The van der Waals surface area contributed by atoms with Crippen LogP contribution in [0.15, 0.2) is 23.0 Å². The lowest BCUT2D eigenvalue weighted by atomic mass is 9.93. The van der Waals surface area contributed by atoms with E-state index in [-0.39, 0.29) is 5.56 Å². The molecule has 0 atom stereocenters. The van der Waals surface area contributed by atoms with E-state index in [4.69, 9.17) is 0 Å². The Balaban J connectivity index is 1.45. The molecule has 2 aliphatic rings. The van der Waals surface area contributed by atoms with E-state index in [1.165, 1.54) is 56.9 Å². The Bertz CT molecular complexity index is 1150. The molecule has 0 amide bonds. The van der Waals surface area contributed by atoms with Crippen molar-refractivity contribution in [2.24, 2.45) is 0 Å². The molecule has 7 heteroatoms. The van der Waals surface area contributed by atoms with Gasteiger partial charge in [0.2, 0.25) is 0 Å². The fourth-order valence-corrected chi connectivity index (χ4v) is 5.94. The third kappa shape index (κ3) is 4.88. The van der Waals surface area contributed by atoms with Crippen LogP contribution in [-0.4, -0.2) is 36.1 Å². The minimum atomic E-state index is 0.0159. The molecule has 0 spiro atoms. The van der Waals surface area contributed by atoms with Crippen molar-refractivity contribution in [1.29, 1.82) is 0 Å². The van der Waals surface area contributed by atoms with Gasteiger partial charge >= 0.3 is 0 Å². The maximum Gasteiger partial charge on any atom is 0.252 e. The van der Waals surface area contributed by atoms with E-state index in [0.717, 1.165) is 40.7 Å². The van der Waals surface area contributed by atoms with Crippen LogP contribution in [0.3, 0.4) is 0 Å². The van der Waals surface area contributed by atoms with Crippen molar-refractivity contribution in [3.05, 3.63) is 51.1 Å². The first-order valence-electron chi connectivity index (χ1n) is 12.7. The van der Waals surface area contributed by atoms with E-state index in [1.807, 2.05) is 0 Å². The molecule has 7 nitrogen and oxygen atoms in total. The molecule has 0 bridgehead atoms. The number of hydrogen-bond donors (Lipinski definition) is 1.